The average Bonchev–Trinajstić information content (AvgIpc) is 2.35. The highest BCUT2D eigenvalue weighted by atomic mass is 79.9. The average molecular weight is 315 g/mol. The van der Waals surface area contributed by atoms with Gasteiger partial charge in [0.15, 0.2) is 6.61 Å². The molecule has 18 heavy (non-hydrogen) atoms. The van der Waals surface area contributed by atoms with E-state index in [1.807, 2.05) is 32.0 Å². The van der Waals surface area contributed by atoms with Crippen LogP contribution in [0.15, 0.2) is 22.7 Å². The predicted molar refractivity (Wildman–Crippen MR) is 75.6 cm³/mol. The first kappa shape index (κ1) is 15.0. The molecule has 1 amide bonds. The van der Waals surface area contributed by atoms with Crippen LogP contribution in [0.25, 0.3) is 0 Å². The van der Waals surface area contributed by atoms with Crippen LogP contribution in [0.2, 0.25) is 0 Å². The predicted octanol–water partition coefficient (Wildman–Crippen LogP) is 2.33. The zero-order valence-electron chi connectivity index (χ0n) is 10.9. The summed E-state index contributed by atoms with van der Waals surface area (Å²) in [5.74, 6) is 0.613. The second kappa shape index (κ2) is 6.75. The molecule has 0 unspecified atom stereocenters. The molecular weight excluding hydrogens is 296 g/mol. The minimum Gasteiger partial charge on any atom is -0.483 e. The molecule has 0 aliphatic heterocycles. The molecule has 0 saturated carbocycles. The van der Waals surface area contributed by atoms with Crippen LogP contribution in [0.3, 0.4) is 0 Å². The highest BCUT2D eigenvalue weighted by Gasteiger charge is 2.12. The second-order valence-electron chi connectivity index (χ2n) is 4.17. The molecule has 100 valence electrons. The molecule has 0 saturated heterocycles. The van der Waals surface area contributed by atoms with Gasteiger partial charge in [-0.25, -0.2) is 0 Å². The number of hydrogen-bond donors (Lipinski definition) is 1. The third-order valence-electron chi connectivity index (χ3n) is 2.71. The minimum atomic E-state index is -0.142. The Balaban J connectivity index is 2.76. The van der Waals surface area contributed by atoms with Crippen molar-refractivity contribution in [2.75, 3.05) is 20.2 Å². The Morgan fingerprint density at radius 2 is 2.22 bits per heavy atom. The maximum atomic E-state index is 11.7. The van der Waals surface area contributed by atoms with Gasteiger partial charge in [0.2, 0.25) is 0 Å². The van der Waals surface area contributed by atoms with Gasteiger partial charge >= 0.3 is 0 Å². The van der Waals surface area contributed by atoms with E-state index in [1.165, 1.54) is 0 Å². The molecule has 0 radical (unpaired) electrons. The number of carbonyl (C=O) groups excluding carboxylic acids is 1. The van der Waals surface area contributed by atoms with Crippen LogP contribution in [-0.4, -0.2) is 31.0 Å². The molecule has 0 bridgehead atoms. The Hall–Kier alpha value is -1.07. The molecule has 0 aliphatic rings. The number of hydrogen-bond acceptors (Lipinski definition) is 3. The Morgan fingerprint density at radius 3 is 2.78 bits per heavy atom. The largest absolute Gasteiger partial charge is 0.483 e. The number of halogens is 1. The van der Waals surface area contributed by atoms with E-state index in [2.05, 4.69) is 15.9 Å². The molecule has 5 heteroatoms. The maximum Gasteiger partial charge on any atom is 0.260 e. The Labute approximate surface area is 116 Å². The lowest BCUT2D eigenvalue weighted by Gasteiger charge is -2.17. The zero-order chi connectivity index (χ0) is 13.7. The monoisotopic (exact) mass is 314 g/mol. The summed E-state index contributed by atoms with van der Waals surface area (Å²) in [6.07, 6.45) is 0. The standard InChI is InChI=1S/C13H19BrN2O2/c1-4-16(3)13(17)8-18-12-6-5-10(14)7-11(12)9(2)15/h5-7,9H,4,8,15H2,1-3H3/t9-/m0/s1. The molecular formula is C13H19BrN2O2. The molecule has 0 heterocycles. The fourth-order valence-corrected chi connectivity index (χ4v) is 1.81. The smallest absolute Gasteiger partial charge is 0.260 e. The van der Waals surface area contributed by atoms with Crippen LogP contribution in [-0.2, 0) is 4.79 Å². The summed E-state index contributed by atoms with van der Waals surface area (Å²) in [6.45, 7) is 4.51. The molecule has 0 aromatic heterocycles. The van der Waals surface area contributed by atoms with Gasteiger partial charge in [-0.2, -0.15) is 0 Å². The molecule has 1 aromatic rings. The Morgan fingerprint density at radius 1 is 1.56 bits per heavy atom. The third-order valence-corrected chi connectivity index (χ3v) is 3.21. The van der Waals surface area contributed by atoms with Crippen LogP contribution in [0.1, 0.15) is 25.5 Å². The first-order valence-electron chi connectivity index (χ1n) is 5.87. The van der Waals surface area contributed by atoms with E-state index in [4.69, 9.17) is 10.5 Å². The van der Waals surface area contributed by atoms with Gasteiger partial charge in [-0.1, -0.05) is 15.9 Å². The van der Waals surface area contributed by atoms with Crippen molar-refractivity contribution in [3.8, 4) is 5.75 Å². The van der Waals surface area contributed by atoms with Crippen LogP contribution < -0.4 is 10.5 Å². The molecule has 1 rings (SSSR count). The minimum absolute atomic E-state index is 0.0334. The molecule has 0 fully saturated rings. The van der Waals surface area contributed by atoms with Crippen molar-refractivity contribution in [3.05, 3.63) is 28.2 Å². The van der Waals surface area contributed by atoms with Crippen molar-refractivity contribution >= 4 is 21.8 Å². The van der Waals surface area contributed by atoms with Gasteiger partial charge in [-0.05, 0) is 32.0 Å². The molecule has 1 atom stereocenters. The van der Waals surface area contributed by atoms with Gasteiger partial charge < -0.3 is 15.4 Å². The first-order chi connectivity index (χ1) is 8.45. The van der Waals surface area contributed by atoms with Crippen LogP contribution in [0.4, 0.5) is 0 Å². The summed E-state index contributed by atoms with van der Waals surface area (Å²) in [7, 11) is 1.75. The van der Waals surface area contributed by atoms with Crippen LogP contribution >= 0.6 is 15.9 Å². The van der Waals surface area contributed by atoms with Gasteiger partial charge in [0.1, 0.15) is 5.75 Å². The number of ether oxygens (including phenoxy) is 1. The summed E-state index contributed by atoms with van der Waals surface area (Å²) in [4.78, 5) is 13.3. The fourth-order valence-electron chi connectivity index (χ4n) is 1.43. The van der Waals surface area contributed by atoms with Crippen LogP contribution in [0, 0.1) is 0 Å². The summed E-state index contributed by atoms with van der Waals surface area (Å²) in [5, 5.41) is 0. The van der Waals surface area contributed by atoms with E-state index in [0.29, 0.717) is 12.3 Å². The fraction of sp³-hybridized carbons (Fsp3) is 0.462. The normalized spacial score (nSPS) is 12.1. The summed E-state index contributed by atoms with van der Waals surface area (Å²) in [6, 6.07) is 5.46. The number of rotatable bonds is 5. The maximum absolute atomic E-state index is 11.7. The Bertz CT molecular complexity index is 421. The van der Waals surface area contributed by atoms with E-state index in [-0.39, 0.29) is 18.6 Å². The molecule has 0 spiro atoms. The number of nitrogens with two attached hydrogens (primary N) is 1. The van der Waals surface area contributed by atoms with Crippen molar-refractivity contribution in [2.24, 2.45) is 5.73 Å². The summed E-state index contributed by atoms with van der Waals surface area (Å²) >= 11 is 3.39. The van der Waals surface area contributed by atoms with E-state index in [0.717, 1.165) is 10.0 Å². The van der Waals surface area contributed by atoms with E-state index in [1.54, 1.807) is 11.9 Å². The molecule has 4 nitrogen and oxygen atoms in total. The van der Waals surface area contributed by atoms with Crippen molar-refractivity contribution < 1.29 is 9.53 Å². The van der Waals surface area contributed by atoms with Gasteiger partial charge in [-0.3, -0.25) is 4.79 Å². The number of benzene rings is 1. The SMILES string of the molecule is CCN(C)C(=O)COc1ccc(Br)cc1[C@H](C)N. The van der Waals surface area contributed by atoms with Crippen molar-refractivity contribution in [2.45, 2.75) is 19.9 Å². The second-order valence-corrected chi connectivity index (χ2v) is 5.08. The van der Waals surface area contributed by atoms with Gasteiger partial charge in [-0.15, -0.1) is 0 Å². The van der Waals surface area contributed by atoms with Gasteiger partial charge in [0.05, 0.1) is 0 Å². The third kappa shape index (κ3) is 3.99. The van der Waals surface area contributed by atoms with E-state index >= 15 is 0 Å². The molecule has 0 aliphatic carbocycles. The topological polar surface area (TPSA) is 55.6 Å². The van der Waals surface area contributed by atoms with Crippen molar-refractivity contribution in [3.63, 3.8) is 0 Å². The summed E-state index contributed by atoms with van der Waals surface area (Å²) in [5.41, 5.74) is 6.77. The summed E-state index contributed by atoms with van der Waals surface area (Å²) < 4.78 is 6.49. The number of likely N-dealkylation sites (N-methyl/N-ethyl adjacent to an activating group) is 1. The highest BCUT2D eigenvalue weighted by Crippen LogP contribution is 2.27. The van der Waals surface area contributed by atoms with E-state index < -0.39 is 0 Å². The first-order valence-corrected chi connectivity index (χ1v) is 6.66. The highest BCUT2D eigenvalue weighted by molar-refractivity contribution is 9.10. The van der Waals surface area contributed by atoms with Crippen molar-refractivity contribution in [1.82, 2.24) is 4.90 Å². The van der Waals surface area contributed by atoms with Gasteiger partial charge in [0, 0.05) is 29.7 Å². The van der Waals surface area contributed by atoms with Crippen molar-refractivity contribution in [1.29, 1.82) is 0 Å². The van der Waals surface area contributed by atoms with Crippen LogP contribution in [0.5, 0.6) is 5.75 Å². The lowest BCUT2D eigenvalue weighted by Crippen LogP contribution is -2.31. The molecule has 1 aromatic carbocycles. The lowest BCUT2D eigenvalue weighted by atomic mass is 10.1. The quantitative estimate of drug-likeness (QED) is 0.907. The van der Waals surface area contributed by atoms with E-state index in [9.17, 15) is 4.79 Å². The lowest BCUT2D eigenvalue weighted by molar-refractivity contribution is -0.131. The molecule has 2 N–H and O–H groups in total. The van der Waals surface area contributed by atoms with Gasteiger partial charge in [0.25, 0.3) is 5.91 Å². The zero-order valence-corrected chi connectivity index (χ0v) is 12.5. The number of amides is 1. The number of nitrogens with zero attached hydrogens (tertiary/aromatic N) is 1. The number of carbonyl (C=O) groups is 1. The Kier molecular flexibility index (Phi) is 5.62.